The van der Waals surface area contributed by atoms with Crippen molar-refractivity contribution in [2.24, 2.45) is 11.8 Å². The van der Waals surface area contributed by atoms with Gasteiger partial charge in [0.15, 0.2) is 0 Å². The molecule has 1 aliphatic carbocycles. The molecule has 34 heavy (non-hydrogen) atoms. The number of furan rings is 1. The van der Waals surface area contributed by atoms with Crippen LogP contribution in [-0.4, -0.2) is 38.7 Å². The second-order valence-electron chi connectivity index (χ2n) is 9.49. The van der Waals surface area contributed by atoms with E-state index in [2.05, 4.69) is 10.2 Å². The van der Waals surface area contributed by atoms with Gasteiger partial charge in [-0.15, -0.1) is 0 Å². The third-order valence-corrected chi connectivity index (χ3v) is 7.04. The highest BCUT2D eigenvalue weighted by Gasteiger charge is 2.37. The van der Waals surface area contributed by atoms with Crippen molar-refractivity contribution in [3.05, 3.63) is 70.4 Å². The van der Waals surface area contributed by atoms with Crippen molar-refractivity contribution in [1.29, 1.82) is 0 Å². The molecule has 8 heteroatoms. The average molecular weight is 461 g/mol. The number of H-pyrrole nitrogens is 1. The minimum absolute atomic E-state index is 0.184. The lowest BCUT2D eigenvalue weighted by molar-refractivity contribution is -0.131. The van der Waals surface area contributed by atoms with Crippen molar-refractivity contribution in [2.75, 3.05) is 13.1 Å². The smallest absolute Gasteiger partial charge is 0.348 e. The van der Waals surface area contributed by atoms with Crippen LogP contribution < -0.4 is 5.69 Å². The monoisotopic (exact) mass is 460 g/mol. The predicted octanol–water partition coefficient (Wildman–Crippen LogP) is 4.22. The van der Waals surface area contributed by atoms with Gasteiger partial charge in [0, 0.05) is 30.8 Å². The molecular weight excluding hydrogens is 435 g/mol. The normalized spacial score (nSPS) is 18.2. The third kappa shape index (κ3) is 3.63. The summed E-state index contributed by atoms with van der Waals surface area (Å²) in [5.41, 5.74) is 2.97. The second kappa shape index (κ2) is 7.97. The van der Waals surface area contributed by atoms with Gasteiger partial charge in [0.2, 0.25) is 5.91 Å². The molecule has 1 N–H and O–H groups in total. The van der Waals surface area contributed by atoms with E-state index in [0.717, 1.165) is 53.5 Å². The highest BCUT2D eigenvalue weighted by atomic mass is 19.1. The highest BCUT2D eigenvalue weighted by Crippen LogP contribution is 2.34. The zero-order chi connectivity index (χ0) is 23.4. The molecule has 1 saturated heterocycles. The van der Waals surface area contributed by atoms with Crippen molar-refractivity contribution in [3.63, 3.8) is 0 Å². The van der Waals surface area contributed by atoms with Crippen LogP contribution in [0.15, 0.2) is 51.9 Å². The fourth-order valence-corrected chi connectivity index (χ4v) is 5.04. The van der Waals surface area contributed by atoms with Crippen LogP contribution in [0.1, 0.15) is 30.7 Å². The Kier molecular flexibility index (Phi) is 4.90. The summed E-state index contributed by atoms with van der Waals surface area (Å²) in [6, 6.07) is 10.8. The van der Waals surface area contributed by atoms with Crippen molar-refractivity contribution in [2.45, 2.75) is 32.6 Å². The van der Waals surface area contributed by atoms with Gasteiger partial charge in [0.25, 0.3) is 0 Å². The summed E-state index contributed by atoms with van der Waals surface area (Å²) in [6.45, 7) is 3.30. The van der Waals surface area contributed by atoms with Crippen LogP contribution in [0.2, 0.25) is 0 Å². The number of carbonyl (C=O) groups excluding carboxylic acids is 1. The Hall–Kier alpha value is -3.68. The molecule has 1 saturated carbocycles. The van der Waals surface area contributed by atoms with Crippen LogP contribution in [0.4, 0.5) is 4.39 Å². The Bertz CT molecular complexity index is 1460. The lowest BCUT2D eigenvalue weighted by atomic mass is 9.98. The molecular formula is C26H25FN4O3. The summed E-state index contributed by atoms with van der Waals surface area (Å²) in [5.74, 6) is 0.637. The second-order valence-corrected chi connectivity index (χ2v) is 9.49. The van der Waals surface area contributed by atoms with Crippen molar-refractivity contribution >= 4 is 16.9 Å². The van der Waals surface area contributed by atoms with Gasteiger partial charge in [0.1, 0.15) is 17.2 Å². The van der Waals surface area contributed by atoms with E-state index in [1.54, 1.807) is 12.3 Å². The largest absolute Gasteiger partial charge is 0.464 e. The van der Waals surface area contributed by atoms with Crippen LogP contribution >= 0.6 is 0 Å². The first-order valence-corrected chi connectivity index (χ1v) is 11.7. The Labute approximate surface area is 195 Å². The Morgan fingerprint density at radius 2 is 2.06 bits per heavy atom. The van der Waals surface area contributed by atoms with Crippen molar-refractivity contribution < 1.29 is 13.6 Å². The minimum Gasteiger partial charge on any atom is -0.464 e. The van der Waals surface area contributed by atoms with Crippen molar-refractivity contribution in [1.82, 2.24) is 19.7 Å². The Morgan fingerprint density at radius 3 is 2.88 bits per heavy atom. The number of fused-ring (bicyclic) bond motifs is 1. The van der Waals surface area contributed by atoms with Crippen LogP contribution in [-0.2, 0) is 11.2 Å². The molecule has 1 atom stereocenters. The van der Waals surface area contributed by atoms with Crippen LogP contribution in [0.5, 0.6) is 0 Å². The number of halogens is 1. The topological polar surface area (TPSA) is 84.1 Å². The van der Waals surface area contributed by atoms with E-state index in [9.17, 15) is 9.59 Å². The van der Waals surface area contributed by atoms with Gasteiger partial charge >= 0.3 is 5.69 Å². The SMILES string of the molecule is Cc1cc(-n2c(C[C@@H]3CCN(C(=O)C4CC4)C3)n[nH]c2=O)c(F)cc1-c1ccc2occc2c1. The summed E-state index contributed by atoms with van der Waals surface area (Å²) in [4.78, 5) is 26.9. The van der Waals surface area contributed by atoms with Gasteiger partial charge in [-0.2, -0.15) is 5.10 Å². The molecule has 0 unspecified atom stereocenters. The number of likely N-dealkylation sites (tertiary alicyclic amines) is 1. The number of hydrogen-bond donors (Lipinski definition) is 1. The summed E-state index contributed by atoms with van der Waals surface area (Å²) >= 11 is 0. The fourth-order valence-electron chi connectivity index (χ4n) is 5.04. The number of hydrogen-bond acceptors (Lipinski definition) is 4. The molecule has 0 bridgehead atoms. The first-order chi connectivity index (χ1) is 16.5. The van der Waals surface area contributed by atoms with Gasteiger partial charge in [-0.3, -0.25) is 4.79 Å². The third-order valence-electron chi connectivity index (χ3n) is 7.04. The number of aromatic amines is 1. The molecule has 4 aromatic rings. The molecule has 2 aromatic carbocycles. The first kappa shape index (κ1) is 20.9. The van der Waals surface area contributed by atoms with E-state index in [-0.39, 0.29) is 23.4 Å². The number of aryl methyl sites for hydroxylation is 1. The zero-order valence-electron chi connectivity index (χ0n) is 18.9. The molecule has 1 aliphatic heterocycles. The number of nitrogens with zero attached hydrogens (tertiary/aromatic N) is 3. The lowest BCUT2D eigenvalue weighted by Gasteiger charge is -2.16. The highest BCUT2D eigenvalue weighted by molar-refractivity contribution is 5.84. The summed E-state index contributed by atoms with van der Waals surface area (Å²) < 4.78 is 22.1. The number of benzene rings is 2. The molecule has 2 aliphatic rings. The van der Waals surface area contributed by atoms with E-state index in [1.807, 2.05) is 36.1 Å². The van der Waals surface area contributed by atoms with E-state index >= 15 is 4.39 Å². The minimum atomic E-state index is -0.491. The number of carbonyl (C=O) groups is 1. The molecule has 0 spiro atoms. The van der Waals surface area contributed by atoms with Gasteiger partial charge in [-0.1, -0.05) is 6.07 Å². The predicted molar refractivity (Wildman–Crippen MR) is 125 cm³/mol. The van der Waals surface area contributed by atoms with Crippen molar-refractivity contribution in [3.8, 4) is 16.8 Å². The molecule has 1 amide bonds. The number of rotatable bonds is 5. The van der Waals surface area contributed by atoms with Gasteiger partial charge in [0.05, 0.1) is 12.0 Å². The summed E-state index contributed by atoms with van der Waals surface area (Å²) in [7, 11) is 0. The maximum Gasteiger partial charge on any atom is 0.348 e. The first-order valence-electron chi connectivity index (χ1n) is 11.7. The number of aromatic nitrogens is 3. The summed E-state index contributed by atoms with van der Waals surface area (Å²) in [5, 5.41) is 7.62. The van der Waals surface area contributed by atoms with E-state index in [1.165, 1.54) is 10.6 Å². The van der Waals surface area contributed by atoms with Gasteiger partial charge in [-0.25, -0.2) is 18.9 Å². The quantitative estimate of drug-likeness (QED) is 0.483. The van der Waals surface area contributed by atoms with E-state index in [0.29, 0.717) is 18.8 Å². The van der Waals surface area contributed by atoms with E-state index < -0.39 is 11.5 Å². The molecule has 6 rings (SSSR count). The summed E-state index contributed by atoms with van der Waals surface area (Å²) in [6.07, 6.45) is 4.97. The molecule has 0 radical (unpaired) electrons. The van der Waals surface area contributed by atoms with Crippen LogP contribution in [0.3, 0.4) is 0 Å². The van der Waals surface area contributed by atoms with Crippen LogP contribution in [0, 0.1) is 24.6 Å². The van der Waals surface area contributed by atoms with Gasteiger partial charge in [-0.05, 0) is 79.1 Å². The van der Waals surface area contributed by atoms with Gasteiger partial charge < -0.3 is 9.32 Å². The Balaban J connectivity index is 1.29. The lowest BCUT2D eigenvalue weighted by Crippen LogP contribution is -2.30. The number of amides is 1. The maximum absolute atomic E-state index is 15.4. The molecule has 7 nitrogen and oxygen atoms in total. The molecule has 3 heterocycles. The number of nitrogens with one attached hydrogen (secondary N) is 1. The Morgan fingerprint density at radius 1 is 1.21 bits per heavy atom. The molecule has 2 fully saturated rings. The van der Waals surface area contributed by atoms with Crippen LogP contribution in [0.25, 0.3) is 27.8 Å². The standard InChI is InChI=1S/C26H25FN4O3/c1-15-10-22(21(27)13-20(15)18-4-5-23-19(12-18)7-9-34-23)31-24(28-29-26(31)33)11-16-6-8-30(14-16)25(32)17-2-3-17/h4-5,7,9-10,12-13,16-17H,2-3,6,8,11,14H2,1H3,(H,29,33)/t16-/m0/s1. The average Bonchev–Trinajstić information content (AvgIpc) is 3.22. The maximum atomic E-state index is 15.4. The molecule has 174 valence electrons. The molecule has 2 aromatic heterocycles. The zero-order valence-corrected chi connectivity index (χ0v) is 18.9. The van der Waals surface area contributed by atoms with E-state index in [4.69, 9.17) is 4.42 Å². The fraction of sp³-hybridized carbons (Fsp3) is 0.346.